The highest BCUT2D eigenvalue weighted by Crippen LogP contribution is 2.19. The molecule has 0 saturated heterocycles. The van der Waals surface area contributed by atoms with Gasteiger partial charge in [0.1, 0.15) is 12.2 Å². The topological polar surface area (TPSA) is 99.9 Å². The van der Waals surface area contributed by atoms with E-state index >= 15 is 0 Å². The molecule has 0 aliphatic rings. The lowest BCUT2D eigenvalue weighted by Gasteiger charge is -2.19. The molecule has 0 spiro atoms. The Kier molecular flexibility index (Phi) is 8.13. The van der Waals surface area contributed by atoms with Crippen LogP contribution in [0.4, 0.5) is 9.18 Å². The van der Waals surface area contributed by atoms with Crippen molar-refractivity contribution in [2.75, 3.05) is 26.4 Å². The van der Waals surface area contributed by atoms with Crippen LogP contribution in [-0.4, -0.2) is 44.0 Å². The first-order valence-corrected chi connectivity index (χ1v) is 7.91. The summed E-state index contributed by atoms with van der Waals surface area (Å²) in [5, 5.41) is 2.55. The fourth-order valence-electron chi connectivity index (χ4n) is 1.82. The van der Waals surface area contributed by atoms with Crippen LogP contribution in [-0.2, 0) is 20.7 Å². The molecular formula is C17H25FN2O5. The van der Waals surface area contributed by atoms with Crippen LogP contribution in [0.5, 0.6) is 5.75 Å². The summed E-state index contributed by atoms with van der Waals surface area (Å²) >= 11 is 0. The Hall–Kier alpha value is -2.35. The van der Waals surface area contributed by atoms with Crippen LogP contribution in [0.1, 0.15) is 26.3 Å². The van der Waals surface area contributed by atoms with E-state index in [1.807, 2.05) is 0 Å². The highest BCUT2D eigenvalue weighted by Gasteiger charge is 2.15. The van der Waals surface area contributed by atoms with E-state index in [9.17, 15) is 14.0 Å². The Morgan fingerprint density at radius 2 is 1.92 bits per heavy atom. The number of carbonyl (C=O) groups excluding carboxylic acids is 2. The van der Waals surface area contributed by atoms with Crippen LogP contribution >= 0.6 is 0 Å². The third-order valence-corrected chi connectivity index (χ3v) is 2.77. The summed E-state index contributed by atoms with van der Waals surface area (Å²) in [5.41, 5.74) is 5.13. The molecule has 0 unspecified atom stereocenters. The molecule has 0 atom stereocenters. The van der Waals surface area contributed by atoms with Crippen molar-refractivity contribution in [3.05, 3.63) is 29.6 Å². The minimum atomic E-state index is -0.550. The second-order valence-electron chi connectivity index (χ2n) is 6.30. The fraction of sp³-hybridized carbons (Fsp3) is 0.529. The van der Waals surface area contributed by atoms with Crippen molar-refractivity contribution in [1.82, 2.24) is 5.32 Å². The first-order valence-electron chi connectivity index (χ1n) is 7.91. The molecule has 0 heterocycles. The zero-order valence-electron chi connectivity index (χ0n) is 14.8. The van der Waals surface area contributed by atoms with Gasteiger partial charge in [-0.25, -0.2) is 9.18 Å². The smallest absolute Gasteiger partial charge is 0.407 e. The quantitative estimate of drug-likeness (QED) is 0.657. The van der Waals surface area contributed by atoms with Crippen LogP contribution in [0, 0.1) is 5.82 Å². The molecule has 3 N–H and O–H groups in total. The maximum Gasteiger partial charge on any atom is 0.407 e. The fourth-order valence-corrected chi connectivity index (χ4v) is 1.82. The minimum absolute atomic E-state index is 0.0173. The lowest BCUT2D eigenvalue weighted by atomic mass is 10.1. The van der Waals surface area contributed by atoms with Crippen molar-refractivity contribution in [1.29, 1.82) is 0 Å². The normalized spacial score (nSPS) is 11.0. The molecule has 0 aromatic heterocycles. The lowest BCUT2D eigenvalue weighted by Crippen LogP contribution is -2.34. The molecule has 8 heteroatoms. The number of nitrogens with two attached hydrogens (primary N) is 1. The van der Waals surface area contributed by atoms with E-state index in [1.54, 1.807) is 20.8 Å². The van der Waals surface area contributed by atoms with Gasteiger partial charge >= 0.3 is 6.09 Å². The van der Waals surface area contributed by atoms with E-state index in [-0.39, 0.29) is 38.5 Å². The van der Waals surface area contributed by atoms with Gasteiger partial charge in [0.15, 0.2) is 11.6 Å². The second kappa shape index (κ2) is 9.83. The van der Waals surface area contributed by atoms with Gasteiger partial charge in [-0.05, 0) is 38.5 Å². The number of benzene rings is 1. The minimum Gasteiger partial charge on any atom is -0.488 e. The average molecular weight is 356 g/mol. The first-order chi connectivity index (χ1) is 11.7. The van der Waals surface area contributed by atoms with Crippen molar-refractivity contribution < 1.29 is 28.2 Å². The van der Waals surface area contributed by atoms with Crippen LogP contribution in [0.15, 0.2) is 18.2 Å². The highest BCUT2D eigenvalue weighted by atomic mass is 19.1. The lowest BCUT2D eigenvalue weighted by molar-refractivity contribution is -0.117. The molecular weight excluding hydrogens is 331 g/mol. The second-order valence-corrected chi connectivity index (χ2v) is 6.30. The van der Waals surface area contributed by atoms with E-state index in [0.717, 1.165) is 0 Å². The predicted octanol–water partition coefficient (Wildman–Crippen LogP) is 1.77. The number of rotatable bonds is 9. The number of ether oxygens (including phenoxy) is 3. The van der Waals surface area contributed by atoms with E-state index < -0.39 is 23.4 Å². The number of nitrogens with one attached hydrogen (secondary N) is 1. The molecule has 7 nitrogen and oxygen atoms in total. The van der Waals surface area contributed by atoms with E-state index in [1.165, 1.54) is 18.2 Å². The number of primary amides is 1. The van der Waals surface area contributed by atoms with Gasteiger partial charge < -0.3 is 25.3 Å². The van der Waals surface area contributed by atoms with Crippen molar-refractivity contribution in [2.24, 2.45) is 5.73 Å². The number of carbonyl (C=O) groups is 2. The average Bonchev–Trinajstić information content (AvgIpc) is 2.47. The molecule has 0 aliphatic heterocycles. The van der Waals surface area contributed by atoms with Crippen molar-refractivity contribution in [3.63, 3.8) is 0 Å². The molecule has 1 aromatic rings. The number of hydrogen-bond donors (Lipinski definition) is 2. The molecule has 1 rings (SSSR count). The van der Waals surface area contributed by atoms with Gasteiger partial charge in [-0.1, -0.05) is 6.07 Å². The summed E-state index contributed by atoms with van der Waals surface area (Å²) in [6, 6.07) is 4.13. The van der Waals surface area contributed by atoms with E-state index in [4.69, 9.17) is 19.9 Å². The monoisotopic (exact) mass is 356 g/mol. The molecule has 0 bridgehead atoms. The van der Waals surface area contributed by atoms with Gasteiger partial charge in [0.2, 0.25) is 5.91 Å². The molecule has 25 heavy (non-hydrogen) atoms. The molecule has 0 saturated carbocycles. The van der Waals surface area contributed by atoms with Gasteiger partial charge in [0.25, 0.3) is 0 Å². The van der Waals surface area contributed by atoms with Gasteiger partial charge in [-0.2, -0.15) is 0 Å². The number of amides is 2. The van der Waals surface area contributed by atoms with Crippen molar-refractivity contribution >= 4 is 12.0 Å². The molecule has 140 valence electrons. The Bertz CT molecular complexity index is 587. The van der Waals surface area contributed by atoms with Gasteiger partial charge in [0, 0.05) is 6.54 Å². The van der Waals surface area contributed by atoms with Crippen LogP contribution in [0.2, 0.25) is 0 Å². The van der Waals surface area contributed by atoms with E-state index in [0.29, 0.717) is 5.56 Å². The van der Waals surface area contributed by atoms with Gasteiger partial charge in [-0.15, -0.1) is 0 Å². The summed E-state index contributed by atoms with van der Waals surface area (Å²) in [6.45, 7) is 6.23. The standard InChI is InChI=1S/C17H25FN2O5/c1-17(2,3)25-16(22)20-6-7-23-8-9-24-14-10-12(11-15(19)21)4-5-13(14)18/h4-5,10H,6-9,11H2,1-3H3,(H2,19,21)(H,20,22). The zero-order chi connectivity index (χ0) is 18.9. The summed E-state index contributed by atoms with van der Waals surface area (Å²) in [6.07, 6.45) is -0.496. The third-order valence-electron chi connectivity index (χ3n) is 2.77. The molecule has 0 aliphatic carbocycles. The molecule has 0 radical (unpaired) electrons. The van der Waals surface area contributed by atoms with Crippen LogP contribution in [0.25, 0.3) is 0 Å². The van der Waals surface area contributed by atoms with E-state index in [2.05, 4.69) is 5.32 Å². The SMILES string of the molecule is CC(C)(C)OC(=O)NCCOCCOc1cc(CC(N)=O)ccc1F. The molecule has 1 aromatic carbocycles. The first kappa shape index (κ1) is 20.7. The van der Waals surface area contributed by atoms with Crippen LogP contribution < -0.4 is 15.8 Å². The highest BCUT2D eigenvalue weighted by molar-refractivity contribution is 5.76. The Morgan fingerprint density at radius 3 is 2.56 bits per heavy atom. The van der Waals surface area contributed by atoms with Crippen molar-refractivity contribution in [2.45, 2.75) is 32.8 Å². The van der Waals surface area contributed by atoms with Crippen LogP contribution in [0.3, 0.4) is 0 Å². The van der Waals surface area contributed by atoms with Crippen molar-refractivity contribution in [3.8, 4) is 5.75 Å². The molecule has 2 amide bonds. The summed E-state index contributed by atoms with van der Waals surface area (Å²) in [7, 11) is 0. The number of halogens is 1. The maximum absolute atomic E-state index is 13.6. The Morgan fingerprint density at radius 1 is 1.20 bits per heavy atom. The van der Waals surface area contributed by atoms with Gasteiger partial charge in [-0.3, -0.25) is 4.79 Å². The predicted molar refractivity (Wildman–Crippen MR) is 89.8 cm³/mol. The Balaban J connectivity index is 2.21. The third kappa shape index (κ3) is 9.51. The summed E-state index contributed by atoms with van der Waals surface area (Å²) in [5.74, 6) is -0.993. The largest absolute Gasteiger partial charge is 0.488 e. The summed E-state index contributed by atoms with van der Waals surface area (Å²) in [4.78, 5) is 22.3. The summed E-state index contributed by atoms with van der Waals surface area (Å²) < 4.78 is 29.3. The van der Waals surface area contributed by atoms with Gasteiger partial charge in [0.05, 0.1) is 19.6 Å². The molecule has 0 fully saturated rings. The number of hydrogen-bond acceptors (Lipinski definition) is 5. The number of alkyl carbamates (subject to hydrolysis) is 1. The Labute approximate surface area is 146 Å². The maximum atomic E-state index is 13.6. The zero-order valence-corrected chi connectivity index (χ0v) is 14.8.